The van der Waals surface area contributed by atoms with Crippen LogP contribution in [0.15, 0.2) is 48.5 Å². The number of hydrogen-bond donors (Lipinski definition) is 1. The number of nitrogens with one attached hydrogen (secondary N) is 1. The minimum atomic E-state index is -0.0348. The molecule has 148 valence electrons. The summed E-state index contributed by atoms with van der Waals surface area (Å²) in [4.78, 5) is 14.5. The topological polar surface area (TPSA) is 60.0 Å². The predicted molar refractivity (Wildman–Crippen MR) is 107 cm³/mol. The maximum atomic E-state index is 12.4. The van der Waals surface area contributed by atoms with Gasteiger partial charge in [0.05, 0.1) is 12.6 Å². The van der Waals surface area contributed by atoms with E-state index in [2.05, 4.69) is 10.2 Å². The molecule has 6 heteroatoms. The Morgan fingerprint density at radius 3 is 2.82 bits per heavy atom. The highest BCUT2D eigenvalue weighted by atomic mass is 16.5. The Hall–Kier alpha value is -2.57. The second kappa shape index (κ2) is 9.08. The van der Waals surface area contributed by atoms with Crippen LogP contribution in [-0.4, -0.2) is 49.8 Å². The van der Waals surface area contributed by atoms with Crippen molar-refractivity contribution < 1.29 is 19.0 Å². The van der Waals surface area contributed by atoms with Crippen LogP contribution in [-0.2, 0) is 16.1 Å². The molecule has 1 fully saturated rings. The van der Waals surface area contributed by atoms with Gasteiger partial charge in [-0.15, -0.1) is 0 Å². The molecular weight excluding hydrogens is 356 g/mol. The quantitative estimate of drug-likeness (QED) is 0.832. The van der Waals surface area contributed by atoms with Crippen LogP contribution in [0.5, 0.6) is 11.5 Å². The molecule has 0 aliphatic carbocycles. The van der Waals surface area contributed by atoms with E-state index in [0.29, 0.717) is 26.3 Å². The monoisotopic (exact) mass is 382 g/mol. The fourth-order valence-electron chi connectivity index (χ4n) is 3.52. The molecule has 2 aliphatic heterocycles. The first-order chi connectivity index (χ1) is 13.8. The van der Waals surface area contributed by atoms with Crippen molar-refractivity contribution in [2.24, 2.45) is 0 Å². The van der Waals surface area contributed by atoms with Crippen LogP contribution in [0.25, 0.3) is 0 Å². The molecule has 2 heterocycles. The molecule has 2 aromatic carbocycles. The molecule has 6 nitrogen and oxygen atoms in total. The molecule has 4 rings (SSSR count). The summed E-state index contributed by atoms with van der Waals surface area (Å²) >= 11 is 0. The first-order valence-corrected chi connectivity index (χ1v) is 9.84. The normalized spacial score (nSPS) is 19.4. The number of rotatable bonds is 6. The lowest BCUT2D eigenvalue weighted by Crippen LogP contribution is -2.34. The fraction of sp³-hybridized carbons (Fsp3) is 0.409. The van der Waals surface area contributed by atoms with Crippen LogP contribution in [0.3, 0.4) is 0 Å². The second-order valence-electron chi connectivity index (χ2n) is 7.19. The predicted octanol–water partition coefficient (Wildman–Crippen LogP) is 3.08. The zero-order valence-corrected chi connectivity index (χ0v) is 15.9. The van der Waals surface area contributed by atoms with Crippen LogP contribution in [0.2, 0.25) is 0 Å². The van der Waals surface area contributed by atoms with Gasteiger partial charge in [-0.05, 0) is 43.2 Å². The molecule has 1 unspecified atom stereocenters. The number of para-hydroxylation sites is 1. The largest absolute Gasteiger partial charge is 0.492 e. The average molecular weight is 382 g/mol. The van der Waals surface area contributed by atoms with Crippen molar-refractivity contribution in [2.45, 2.75) is 25.5 Å². The van der Waals surface area contributed by atoms with Crippen LogP contribution in [0.4, 0.5) is 5.69 Å². The van der Waals surface area contributed by atoms with E-state index in [9.17, 15) is 4.79 Å². The molecule has 0 aromatic heterocycles. The van der Waals surface area contributed by atoms with Crippen molar-refractivity contribution in [2.75, 3.05) is 38.2 Å². The molecule has 2 aliphatic rings. The lowest BCUT2D eigenvalue weighted by Gasteiger charge is -2.18. The Bertz CT molecular complexity index is 787. The molecular formula is C22H26N2O4. The van der Waals surface area contributed by atoms with Gasteiger partial charge in [-0.1, -0.05) is 18.2 Å². The summed E-state index contributed by atoms with van der Waals surface area (Å²) in [5, 5.41) is 2.96. The van der Waals surface area contributed by atoms with Gasteiger partial charge in [-0.3, -0.25) is 9.69 Å². The summed E-state index contributed by atoms with van der Waals surface area (Å²) in [6.07, 6.45) is 2.36. The Labute approximate surface area is 165 Å². The maximum absolute atomic E-state index is 12.4. The Morgan fingerprint density at radius 2 is 2.00 bits per heavy atom. The minimum Gasteiger partial charge on any atom is -0.492 e. The van der Waals surface area contributed by atoms with Crippen LogP contribution >= 0.6 is 0 Å². The van der Waals surface area contributed by atoms with Crippen molar-refractivity contribution in [3.05, 3.63) is 54.1 Å². The molecule has 0 radical (unpaired) electrons. The van der Waals surface area contributed by atoms with Crippen molar-refractivity contribution in [3.8, 4) is 11.5 Å². The van der Waals surface area contributed by atoms with Gasteiger partial charge < -0.3 is 19.5 Å². The second-order valence-corrected chi connectivity index (χ2v) is 7.19. The number of benzene rings is 2. The van der Waals surface area contributed by atoms with Gasteiger partial charge in [-0.25, -0.2) is 0 Å². The standard InChI is InChI=1S/C22H26N2O4/c25-22(15-24-11-13-27-21-6-2-1-4-17(21)14-24)23-18-7-9-19(10-8-18)28-16-20-5-3-12-26-20/h1-2,4,6-10,20H,3,5,11-16H2,(H,23,25). The molecule has 0 spiro atoms. The Morgan fingerprint density at radius 1 is 1.14 bits per heavy atom. The van der Waals surface area contributed by atoms with E-state index in [-0.39, 0.29) is 12.0 Å². The highest BCUT2D eigenvalue weighted by molar-refractivity contribution is 5.92. The lowest BCUT2D eigenvalue weighted by molar-refractivity contribution is -0.117. The van der Waals surface area contributed by atoms with Crippen molar-refractivity contribution in [1.82, 2.24) is 4.90 Å². The third-order valence-corrected chi connectivity index (χ3v) is 5.00. The van der Waals surface area contributed by atoms with Gasteiger partial charge in [-0.2, -0.15) is 0 Å². The first-order valence-electron chi connectivity index (χ1n) is 9.84. The summed E-state index contributed by atoms with van der Waals surface area (Å²) in [5.74, 6) is 1.66. The summed E-state index contributed by atoms with van der Waals surface area (Å²) in [7, 11) is 0. The number of carbonyl (C=O) groups is 1. The number of nitrogens with zero attached hydrogens (tertiary/aromatic N) is 1. The van der Waals surface area contributed by atoms with E-state index in [1.165, 1.54) is 0 Å². The molecule has 1 amide bonds. The van der Waals surface area contributed by atoms with Crippen LogP contribution in [0, 0.1) is 0 Å². The number of fused-ring (bicyclic) bond motifs is 1. The maximum Gasteiger partial charge on any atom is 0.238 e. The van der Waals surface area contributed by atoms with E-state index in [1.807, 2.05) is 48.5 Å². The van der Waals surface area contributed by atoms with Gasteiger partial charge in [0.15, 0.2) is 0 Å². The minimum absolute atomic E-state index is 0.0348. The van der Waals surface area contributed by atoms with Gasteiger partial charge in [0.25, 0.3) is 0 Å². The third-order valence-electron chi connectivity index (χ3n) is 5.00. The van der Waals surface area contributed by atoms with Gasteiger partial charge in [0.1, 0.15) is 24.7 Å². The highest BCUT2D eigenvalue weighted by Gasteiger charge is 2.18. The molecule has 2 aromatic rings. The van der Waals surface area contributed by atoms with Crippen molar-refractivity contribution in [1.29, 1.82) is 0 Å². The fourth-order valence-corrected chi connectivity index (χ4v) is 3.52. The molecule has 0 bridgehead atoms. The first kappa shape index (κ1) is 18.8. The Kier molecular flexibility index (Phi) is 6.09. The van der Waals surface area contributed by atoms with E-state index >= 15 is 0 Å². The van der Waals surface area contributed by atoms with E-state index in [4.69, 9.17) is 14.2 Å². The van der Waals surface area contributed by atoms with Crippen molar-refractivity contribution in [3.63, 3.8) is 0 Å². The zero-order valence-electron chi connectivity index (χ0n) is 15.9. The lowest BCUT2D eigenvalue weighted by atomic mass is 10.2. The summed E-state index contributed by atoms with van der Waals surface area (Å²) < 4.78 is 17.1. The third kappa shape index (κ3) is 5.03. The van der Waals surface area contributed by atoms with Gasteiger partial charge in [0, 0.05) is 30.9 Å². The summed E-state index contributed by atoms with van der Waals surface area (Å²) in [5.41, 5.74) is 1.88. The number of amides is 1. The number of ether oxygens (including phenoxy) is 3. The van der Waals surface area contributed by atoms with Crippen LogP contribution < -0.4 is 14.8 Å². The summed E-state index contributed by atoms with van der Waals surface area (Å²) in [6.45, 7) is 3.74. The molecule has 1 atom stereocenters. The molecule has 1 saturated heterocycles. The van der Waals surface area contributed by atoms with Gasteiger partial charge >= 0.3 is 0 Å². The van der Waals surface area contributed by atoms with E-state index in [1.54, 1.807) is 0 Å². The van der Waals surface area contributed by atoms with Gasteiger partial charge in [0.2, 0.25) is 5.91 Å². The van der Waals surface area contributed by atoms with Crippen molar-refractivity contribution >= 4 is 11.6 Å². The highest BCUT2D eigenvalue weighted by Crippen LogP contribution is 2.22. The molecule has 1 N–H and O–H groups in total. The number of anilines is 1. The Balaban J connectivity index is 1.26. The zero-order chi connectivity index (χ0) is 19.2. The van der Waals surface area contributed by atoms with E-state index < -0.39 is 0 Å². The molecule has 0 saturated carbocycles. The smallest absolute Gasteiger partial charge is 0.238 e. The number of hydrogen-bond acceptors (Lipinski definition) is 5. The number of carbonyl (C=O) groups excluding carboxylic acids is 1. The molecule has 28 heavy (non-hydrogen) atoms. The SMILES string of the molecule is O=C(CN1CCOc2ccccc2C1)Nc1ccc(OCC2CCCO2)cc1. The average Bonchev–Trinajstić information content (AvgIpc) is 3.14. The summed E-state index contributed by atoms with van der Waals surface area (Å²) in [6, 6.07) is 15.5. The van der Waals surface area contributed by atoms with Crippen LogP contribution in [0.1, 0.15) is 18.4 Å². The van der Waals surface area contributed by atoms with E-state index in [0.717, 1.165) is 48.7 Å².